The number of hydrogen-bond acceptors (Lipinski definition) is 6. The van der Waals surface area contributed by atoms with Crippen LogP contribution in [0, 0.1) is 12.8 Å². The molecule has 0 radical (unpaired) electrons. The van der Waals surface area contributed by atoms with E-state index in [2.05, 4.69) is 15.3 Å². The highest BCUT2D eigenvalue weighted by Gasteiger charge is 2.19. The van der Waals surface area contributed by atoms with Gasteiger partial charge in [0.25, 0.3) is 0 Å². The van der Waals surface area contributed by atoms with Crippen molar-refractivity contribution >= 4 is 22.3 Å². The zero-order valence-corrected chi connectivity index (χ0v) is 15.6. The summed E-state index contributed by atoms with van der Waals surface area (Å²) in [7, 11) is 0. The number of pyridine rings is 2. The number of aryl methyl sites for hydroxylation is 1. The van der Waals surface area contributed by atoms with Gasteiger partial charge in [0.1, 0.15) is 11.5 Å². The van der Waals surface area contributed by atoms with Crippen LogP contribution in [0.25, 0.3) is 11.4 Å². The molecule has 3 aromatic rings. The number of hydrogen-bond donors (Lipinski definition) is 1. The Labute approximate surface area is 157 Å². The summed E-state index contributed by atoms with van der Waals surface area (Å²) in [6.07, 6.45) is 7.52. The molecule has 1 saturated carbocycles. The maximum Gasteiger partial charge on any atom is 0.189 e. The first kappa shape index (κ1) is 17.1. The van der Waals surface area contributed by atoms with Gasteiger partial charge in [0, 0.05) is 19.0 Å². The lowest BCUT2D eigenvalue weighted by Crippen LogP contribution is -2.17. The van der Waals surface area contributed by atoms with Gasteiger partial charge in [-0.15, -0.1) is 0 Å². The van der Waals surface area contributed by atoms with E-state index in [1.54, 1.807) is 23.7 Å². The van der Waals surface area contributed by atoms with Crippen LogP contribution in [0.1, 0.15) is 29.7 Å². The molecular formula is C20H22N4OS. The van der Waals surface area contributed by atoms with Gasteiger partial charge in [0.15, 0.2) is 5.13 Å². The molecule has 0 atom stereocenters. The molecule has 0 bridgehead atoms. The van der Waals surface area contributed by atoms with Crippen molar-refractivity contribution in [1.29, 1.82) is 0 Å². The summed E-state index contributed by atoms with van der Waals surface area (Å²) in [5, 5.41) is 4.12. The van der Waals surface area contributed by atoms with E-state index in [1.807, 2.05) is 37.3 Å². The molecule has 0 amide bonds. The van der Waals surface area contributed by atoms with Crippen molar-refractivity contribution in [1.82, 2.24) is 15.0 Å². The number of nitrogens with one attached hydrogen (secondary N) is 1. The van der Waals surface area contributed by atoms with Crippen LogP contribution >= 0.6 is 11.3 Å². The largest absolute Gasteiger partial charge is 0.376 e. The normalized spacial score (nSPS) is 14.2. The highest BCUT2D eigenvalue weighted by molar-refractivity contribution is 7.16. The van der Waals surface area contributed by atoms with Gasteiger partial charge in [-0.2, -0.15) is 0 Å². The maximum absolute atomic E-state index is 5.97. The number of aromatic nitrogens is 3. The minimum atomic E-state index is 0.572. The Balaban J connectivity index is 1.54. The molecule has 4 rings (SSSR count). The van der Waals surface area contributed by atoms with E-state index in [1.165, 1.54) is 19.3 Å². The van der Waals surface area contributed by atoms with Gasteiger partial charge in [-0.3, -0.25) is 4.98 Å². The summed E-state index contributed by atoms with van der Waals surface area (Å²) in [6, 6.07) is 9.87. The molecule has 1 aliphatic carbocycles. The van der Waals surface area contributed by atoms with Gasteiger partial charge in [0.2, 0.25) is 0 Å². The van der Waals surface area contributed by atoms with Crippen LogP contribution < -0.4 is 5.32 Å². The third-order valence-corrected chi connectivity index (χ3v) is 5.51. The minimum Gasteiger partial charge on any atom is -0.376 e. The number of ether oxygens (including phenoxy) is 1. The number of thiazole rings is 1. The summed E-state index contributed by atoms with van der Waals surface area (Å²) >= 11 is 1.61. The van der Waals surface area contributed by atoms with Crippen LogP contribution in [0.5, 0.6) is 0 Å². The quantitative estimate of drug-likeness (QED) is 0.640. The first-order valence-electron chi connectivity index (χ1n) is 8.96. The molecule has 0 spiro atoms. The predicted molar refractivity (Wildman–Crippen MR) is 105 cm³/mol. The van der Waals surface area contributed by atoms with E-state index in [0.717, 1.165) is 45.3 Å². The highest BCUT2D eigenvalue weighted by atomic mass is 32.1. The molecule has 5 nitrogen and oxygen atoms in total. The zero-order chi connectivity index (χ0) is 17.8. The maximum atomic E-state index is 5.97. The average molecular weight is 366 g/mol. The van der Waals surface area contributed by atoms with Gasteiger partial charge in [-0.25, -0.2) is 9.97 Å². The summed E-state index contributed by atoms with van der Waals surface area (Å²) in [5.74, 6) is 1.53. The van der Waals surface area contributed by atoms with E-state index in [4.69, 9.17) is 9.72 Å². The van der Waals surface area contributed by atoms with Crippen LogP contribution in [0.4, 0.5) is 10.9 Å². The Morgan fingerprint density at radius 2 is 2.12 bits per heavy atom. The summed E-state index contributed by atoms with van der Waals surface area (Å²) in [5.41, 5.74) is 2.92. The van der Waals surface area contributed by atoms with Crippen LogP contribution in [0.2, 0.25) is 0 Å². The van der Waals surface area contributed by atoms with Crippen LogP contribution in [0.3, 0.4) is 0 Å². The molecular weight excluding hydrogens is 344 g/mol. The van der Waals surface area contributed by atoms with Gasteiger partial charge in [-0.1, -0.05) is 23.8 Å². The molecule has 0 aliphatic heterocycles. The van der Waals surface area contributed by atoms with Crippen molar-refractivity contribution < 1.29 is 4.74 Å². The SMILES string of the molecule is Cc1ccnc(Nc2nc(-c3ccccn3)c(COCC3CCC3)s2)c1. The lowest BCUT2D eigenvalue weighted by atomic mass is 9.86. The summed E-state index contributed by atoms with van der Waals surface area (Å²) in [4.78, 5) is 14.7. The molecule has 1 fully saturated rings. The van der Waals surface area contributed by atoms with Gasteiger partial charge in [-0.05, 0) is 55.5 Å². The van der Waals surface area contributed by atoms with E-state index in [-0.39, 0.29) is 0 Å². The van der Waals surface area contributed by atoms with Crippen LogP contribution in [-0.2, 0) is 11.3 Å². The Bertz CT molecular complexity index is 861. The van der Waals surface area contributed by atoms with Crippen molar-refractivity contribution in [2.24, 2.45) is 5.92 Å². The van der Waals surface area contributed by atoms with Gasteiger partial charge >= 0.3 is 0 Å². The molecule has 3 heterocycles. The fourth-order valence-electron chi connectivity index (χ4n) is 2.90. The molecule has 26 heavy (non-hydrogen) atoms. The second kappa shape index (κ2) is 7.93. The Morgan fingerprint density at radius 1 is 1.19 bits per heavy atom. The minimum absolute atomic E-state index is 0.572. The monoisotopic (exact) mass is 366 g/mol. The lowest BCUT2D eigenvalue weighted by Gasteiger charge is -2.24. The van der Waals surface area contributed by atoms with Crippen molar-refractivity contribution in [3.8, 4) is 11.4 Å². The molecule has 1 N–H and O–H groups in total. The second-order valence-electron chi connectivity index (χ2n) is 6.66. The third-order valence-electron chi connectivity index (χ3n) is 4.57. The topological polar surface area (TPSA) is 59.9 Å². The second-order valence-corrected chi connectivity index (χ2v) is 7.74. The van der Waals surface area contributed by atoms with Crippen LogP contribution in [-0.4, -0.2) is 21.6 Å². The highest BCUT2D eigenvalue weighted by Crippen LogP contribution is 2.33. The molecule has 0 saturated heterocycles. The van der Waals surface area contributed by atoms with Crippen molar-refractivity contribution in [3.05, 3.63) is 53.2 Å². The molecule has 0 unspecified atom stereocenters. The van der Waals surface area contributed by atoms with Crippen molar-refractivity contribution in [3.63, 3.8) is 0 Å². The van der Waals surface area contributed by atoms with Gasteiger partial charge in [0.05, 0.1) is 17.2 Å². The first-order valence-corrected chi connectivity index (χ1v) is 9.78. The molecule has 0 aromatic carbocycles. The number of nitrogens with zero attached hydrogens (tertiary/aromatic N) is 3. The average Bonchev–Trinajstić information content (AvgIpc) is 3.00. The lowest BCUT2D eigenvalue weighted by molar-refractivity contribution is 0.0611. The fraction of sp³-hybridized carbons (Fsp3) is 0.350. The van der Waals surface area contributed by atoms with Gasteiger partial charge < -0.3 is 10.1 Å². The van der Waals surface area contributed by atoms with Crippen molar-refractivity contribution in [2.75, 3.05) is 11.9 Å². The Morgan fingerprint density at radius 3 is 2.85 bits per heavy atom. The van der Waals surface area contributed by atoms with Crippen molar-refractivity contribution in [2.45, 2.75) is 32.8 Å². The summed E-state index contributed by atoms with van der Waals surface area (Å²) in [6.45, 7) is 3.46. The first-order chi connectivity index (χ1) is 12.8. The third kappa shape index (κ3) is 4.08. The molecule has 6 heteroatoms. The standard InChI is InChI=1S/C20H22N4OS/c1-14-8-10-22-18(11-14)23-20-24-19(16-7-2-3-9-21-16)17(26-20)13-25-12-15-5-4-6-15/h2-3,7-11,15H,4-6,12-13H2,1H3,(H,22,23,24). The fourth-order valence-corrected chi connectivity index (χ4v) is 3.81. The van der Waals surface area contributed by atoms with Crippen LogP contribution in [0.15, 0.2) is 42.7 Å². The van der Waals surface area contributed by atoms with E-state index in [0.29, 0.717) is 6.61 Å². The Kier molecular flexibility index (Phi) is 5.22. The van der Waals surface area contributed by atoms with E-state index in [9.17, 15) is 0 Å². The smallest absolute Gasteiger partial charge is 0.189 e. The predicted octanol–water partition coefficient (Wildman–Crippen LogP) is 4.97. The zero-order valence-electron chi connectivity index (χ0n) is 14.8. The number of anilines is 2. The summed E-state index contributed by atoms with van der Waals surface area (Å²) < 4.78 is 5.97. The molecule has 1 aliphatic rings. The Hall–Kier alpha value is -2.31. The van der Waals surface area contributed by atoms with E-state index < -0.39 is 0 Å². The van der Waals surface area contributed by atoms with E-state index >= 15 is 0 Å². The number of rotatable bonds is 7. The molecule has 3 aromatic heterocycles. The molecule has 134 valence electrons.